The van der Waals surface area contributed by atoms with E-state index in [1.807, 2.05) is 71.6 Å². The average molecular weight is 530 g/mol. The Morgan fingerprint density at radius 2 is 1.86 bits per heavy atom. The number of nitrogens with zero attached hydrogens (tertiary/aromatic N) is 4. The third-order valence-corrected chi connectivity index (χ3v) is 9.74. The molecular formula is C29H28ClN5OS. The van der Waals surface area contributed by atoms with Crippen LogP contribution in [-0.4, -0.2) is 26.6 Å². The second kappa shape index (κ2) is 8.99. The summed E-state index contributed by atoms with van der Waals surface area (Å²) in [5.74, 6) is 0.475. The maximum atomic E-state index is 12.9. The van der Waals surface area contributed by atoms with Crippen molar-refractivity contribution >= 4 is 46.2 Å². The van der Waals surface area contributed by atoms with E-state index < -0.39 is 0 Å². The van der Waals surface area contributed by atoms with Crippen molar-refractivity contribution in [1.82, 2.24) is 15.1 Å². The highest BCUT2D eigenvalue weighted by Crippen LogP contribution is 2.64. The zero-order valence-electron chi connectivity index (χ0n) is 21.0. The highest BCUT2D eigenvalue weighted by atomic mass is 35.5. The van der Waals surface area contributed by atoms with E-state index in [-0.39, 0.29) is 16.7 Å². The number of hydrogen-bond donors (Lipinski definition) is 1. The second-order valence-corrected chi connectivity index (χ2v) is 12.2. The van der Waals surface area contributed by atoms with Crippen LogP contribution in [0.2, 0.25) is 5.02 Å². The van der Waals surface area contributed by atoms with Crippen LogP contribution in [0, 0.1) is 16.7 Å². The van der Waals surface area contributed by atoms with Crippen molar-refractivity contribution in [2.75, 3.05) is 0 Å². The fraction of sp³-hybridized carbons (Fsp3) is 0.310. The number of fused-ring (bicyclic) bond motifs is 2. The monoisotopic (exact) mass is 529 g/mol. The van der Waals surface area contributed by atoms with Gasteiger partial charge in [0.25, 0.3) is 5.91 Å². The summed E-state index contributed by atoms with van der Waals surface area (Å²) in [7, 11) is 0. The molecule has 8 heteroatoms. The molecule has 2 aromatic carbocycles. The van der Waals surface area contributed by atoms with E-state index in [1.165, 1.54) is 18.2 Å². The molecule has 1 aliphatic heterocycles. The minimum Gasteiger partial charge on any atom is -0.299 e. The average Bonchev–Trinajstić information content (AvgIpc) is 3.57. The summed E-state index contributed by atoms with van der Waals surface area (Å²) < 4.78 is 1.83. The third kappa shape index (κ3) is 4.14. The van der Waals surface area contributed by atoms with Crippen molar-refractivity contribution < 1.29 is 4.79 Å². The zero-order valence-corrected chi connectivity index (χ0v) is 22.6. The van der Waals surface area contributed by atoms with Crippen LogP contribution in [0.5, 0.6) is 0 Å². The number of para-hydroxylation sites is 1. The van der Waals surface area contributed by atoms with Gasteiger partial charge in [-0.3, -0.25) is 10.1 Å². The predicted molar refractivity (Wildman–Crippen MR) is 152 cm³/mol. The highest BCUT2D eigenvalue weighted by Gasteiger charge is 2.60. The number of carbonyl (C=O) groups excluding carboxylic acids is 1. The first kappa shape index (κ1) is 24.2. The van der Waals surface area contributed by atoms with E-state index in [0.29, 0.717) is 21.0 Å². The molecule has 1 amide bonds. The van der Waals surface area contributed by atoms with Crippen LogP contribution in [0.25, 0.3) is 23.0 Å². The molecule has 37 heavy (non-hydrogen) atoms. The summed E-state index contributed by atoms with van der Waals surface area (Å²) in [4.78, 5) is 13.4. The van der Waals surface area contributed by atoms with Gasteiger partial charge in [0, 0.05) is 33.5 Å². The Bertz CT molecular complexity index is 1470. The maximum Gasteiger partial charge on any atom is 0.264 e. The normalized spacial score (nSPS) is 27.5. The van der Waals surface area contributed by atoms with Gasteiger partial charge in [-0.05, 0) is 72.7 Å². The van der Waals surface area contributed by atoms with Crippen molar-refractivity contribution in [1.29, 1.82) is 0 Å². The molecule has 6 rings (SSSR count). The second-order valence-electron chi connectivity index (χ2n) is 10.7. The summed E-state index contributed by atoms with van der Waals surface area (Å²) in [5, 5.41) is 18.0. The lowest BCUT2D eigenvalue weighted by atomic mass is 9.70. The van der Waals surface area contributed by atoms with Gasteiger partial charge in [-0.15, -0.1) is 5.10 Å². The number of hydrogen-bond acceptors (Lipinski definition) is 5. The lowest BCUT2D eigenvalue weighted by Crippen LogP contribution is -2.32. The molecule has 3 aliphatic rings. The molecule has 2 aliphatic carbocycles. The topological polar surface area (TPSA) is 71.6 Å². The molecule has 6 nitrogen and oxygen atoms in total. The number of halogens is 1. The molecular weight excluding hydrogens is 502 g/mol. The van der Waals surface area contributed by atoms with Gasteiger partial charge in [0.15, 0.2) is 5.17 Å². The molecule has 2 atom stereocenters. The number of amides is 1. The molecule has 188 valence electrons. The van der Waals surface area contributed by atoms with Gasteiger partial charge in [-0.25, -0.2) is 4.68 Å². The molecule has 3 aromatic rings. The van der Waals surface area contributed by atoms with Gasteiger partial charge in [0.2, 0.25) is 0 Å². The predicted octanol–water partition coefficient (Wildman–Crippen LogP) is 6.95. The summed E-state index contributed by atoms with van der Waals surface area (Å²) in [6.45, 7) is 7.01. The molecule has 2 saturated carbocycles. The van der Waals surface area contributed by atoms with Crippen LogP contribution < -0.4 is 5.32 Å². The molecule has 1 aromatic heterocycles. The first-order valence-corrected chi connectivity index (χ1v) is 13.7. The Morgan fingerprint density at radius 3 is 2.54 bits per heavy atom. The quantitative estimate of drug-likeness (QED) is 0.293. The standard InChI is InChI=1S/C29H28ClN5OS/c1-28(2)20-13-14-29(28,3)24(16-20)32-33-27-31-26(36)23(37-27)15-19-17-35(22-7-5-4-6-8-22)34-25(19)18-9-11-21(30)12-10-18/h4-12,15,17,20H,13-14,16H2,1-3H3,(H,31,33,36)/b23-15-,32-24+. The van der Waals surface area contributed by atoms with Gasteiger partial charge >= 0.3 is 0 Å². The van der Waals surface area contributed by atoms with Gasteiger partial charge in [0.1, 0.15) is 0 Å². The molecule has 2 unspecified atom stereocenters. The van der Waals surface area contributed by atoms with Crippen molar-refractivity contribution in [2.24, 2.45) is 27.0 Å². The third-order valence-electron chi connectivity index (χ3n) is 8.59. The van der Waals surface area contributed by atoms with E-state index in [0.717, 1.165) is 41.1 Å². The Kier molecular flexibility index (Phi) is 5.88. The minimum absolute atomic E-state index is 0.0766. The van der Waals surface area contributed by atoms with Crippen LogP contribution in [-0.2, 0) is 4.79 Å². The van der Waals surface area contributed by atoms with Crippen molar-refractivity contribution in [3.05, 3.63) is 76.3 Å². The Morgan fingerprint density at radius 1 is 1.11 bits per heavy atom. The highest BCUT2D eigenvalue weighted by molar-refractivity contribution is 8.18. The molecule has 3 fully saturated rings. The SMILES string of the molecule is CC12CCC(C/C1=N\N=C1/NC(=O)/C(=C/c3cn(-c4ccccc4)nc3-c3ccc(Cl)cc3)S1)C2(C)C. The summed E-state index contributed by atoms with van der Waals surface area (Å²) in [6.07, 6.45) is 7.20. The Balaban J connectivity index is 1.32. The smallest absolute Gasteiger partial charge is 0.264 e. The van der Waals surface area contributed by atoms with Crippen molar-refractivity contribution in [3.63, 3.8) is 0 Å². The van der Waals surface area contributed by atoms with Crippen LogP contribution in [0.15, 0.2) is 75.9 Å². The van der Waals surface area contributed by atoms with E-state index in [4.69, 9.17) is 16.7 Å². The van der Waals surface area contributed by atoms with Crippen molar-refractivity contribution in [3.8, 4) is 16.9 Å². The summed E-state index contributed by atoms with van der Waals surface area (Å²) in [5.41, 5.74) is 4.92. The minimum atomic E-state index is -0.182. The maximum absolute atomic E-state index is 12.9. The lowest BCUT2D eigenvalue weighted by Gasteiger charge is -2.34. The fourth-order valence-corrected chi connectivity index (χ4v) is 6.73. The summed E-state index contributed by atoms with van der Waals surface area (Å²) >= 11 is 7.43. The molecule has 2 bridgehead atoms. The number of rotatable bonds is 4. The van der Waals surface area contributed by atoms with E-state index in [9.17, 15) is 4.79 Å². The van der Waals surface area contributed by atoms with E-state index in [1.54, 1.807) is 0 Å². The Hall–Kier alpha value is -3.16. The van der Waals surface area contributed by atoms with Gasteiger partial charge < -0.3 is 0 Å². The Labute approximate surface area is 225 Å². The number of thioether (sulfide) groups is 1. The number of nitrogens with one attached hydrogen (secondary N) is 1. The lowest BCUT2D eigenvalue weighted by molar-refractivity contribution is -0.115. The van der Waals surface area contributed by atoms with E-state index >= 15 is 0 Å². The molecule has 2 heterocycles. The van der Waals surface area contributed by atoms with Crippen LogP contribution in [0.4, 0.5) is 0 Å². The molecule has 0 spiro atoms. The number of carbonyl (C=O) groups is 1. The molecule has 1 saturated heterocycles. The number of aromatic nitrogens is 2. The van der Waals surface area contributed by atoms with Gasteiger partial charge in [0.05, 0.1) is 16.3 Å². The molecule has 0 radical (unpaired) electrons. The van der Waals surface area contributed by atoms with Crippen LogP contribution in [0.1, 0.15) is 45.6 Å². The largest absolute Gasteiger partial charge is 0.299 e. The van der Waals surface area contributed by atoms with Gasteiger partial charge in [-0.2, -0.15) is 10.2 Å². The first-order valence-electron chi connectivity index (χ1n) is 12.5. The zero-order chi connectivity index (χ0) is 25.8. The first-order chi connectivity index (χ1) is 17.7. The number of benzene rings is 2. The summed E-state index contributed by atoms with van der Waals surface area (Å²) in [6, 6.07) is 17.5. The van der Waals surface area contributed by atoms with Gasteiger partial charge in [-0.1, -0.05) is 62.7 Å². The van der Waals surface area contributed by atoms with E-state index in [2.05, 4.69) is 36.3 Å². The number of amidine groups is 1. The van der Waals surface area contributed by atoms with Crippen LogP contribution in [0.3, 0.4) is 0 Å². The van der Waals surface area contributed by atoms with Crippen LogP contribution >= 0.6 is 23.4 Å². The van der Waals surface area contributed by atoms with Crippen molar-refractivity contribution in [2.45, 2.75) is 40.0 Å². The fourth-order valence-electron chi connectivity index (χ4n) is 5.84. The molecule has 1 N–H and O–H groups in total.